The van der Waals surface area contributed by atoms with Crippen molar-refractivity contribution < 1.29 is 14.0 Å². The summed E-state index contributed by atoms with van der Waals surface area (Å²) in [7, 11) is -0.0857. The topological polar surface area (TPSA) is 68.2 Å². The molecule has 136 valence electrons. The number of ether oxygens (including phenoxy) is 2. The Balaban J connectivity index is 3.66. The molecule has 24 heavy (non-hydrogen) atoms. The second-order valence-corrected chi connectivity index (χ2v) is 11.3. The lowest BCUT2D eigenvalue weighted by Gasteiger charge is -2.39. The Labute approximate surface area is 144 Å². The van der Waals surface area contributed by atoms with E-state index in [2.05, 4.69) is 5.29 Å². The molecule has 0 aliphatic carbocycles. The number of benzene rings is 1. The molecule has 7 heteroatoms. The van der Waals surface area contributed by atoms with E-state index in [1.54, 1.807) is 18.2 Å². The molecule has 1 aromatic rings. The van der Waals surface area contributed by atoms with Crippen LogP contribution in [0.15, 0.2) is 23.5 Å². The molecular formula is C17H29N2O4P. The number of hydrogen-bond acceptors (Lipinski definition) is 5. The average molecular weight is 356 g/mol. The third kappa shape index (κ3) is 3.92. The molecule has 6 nitrogen and oxygen atoms in total. The first-order valence-electron chi connectivity index (χ1n) is 7.84. The molecule has 0 amide bonds. The molecule has 0 spiro atoms. The van der Waals surface area contributed by atoms with Gasteiger partial charge in [0.25, 0.3) is 0 Å². The first-order chi connectivity index (χ1) is 10.9. The zero-order valence-corrected chi connectivity index (χ0v) is 16.8. The van der Waals surface area contributed by atoms with E-state index in [0.29, 0.717) is 16.8 Å². The first-order valence-corrected chi connectivity index (χ1v) is 9.73. The maximum absolute atomic E-state index is 14.2. The van der Waals surface area contributed by atoms with Gasteiger partial charge in [-0.25, -0.2) is 5.01 Å². The van der Waals surface area contributed by atoms with Crippen LogP contribution in [-0.4, -0.2) is 36.2 Å². The van der Waals surface area contributed by atoms with Crippen molar-refractivity contribution in [1.82, 2.24) is 5.01 Å². The molecule has 1 rings (SSSR count). The lowest BCUT2D eigenvalue weighted by Crippen LogP contribution is -2.41. The van der Waals surface area contributed by atoms with Crippen molar-refractivity contribution in [2.75, 3.05) is 20.5 Å². The average Bonchev–Trinajstić information content (AvgIpc) is 2.49. The first kappa shape index (κ1) is 20.5. The molecule has 0 aliphatic heterocycles. The highest BCUT2D eigenvalue weighted by molar-refractivity contribution is 7.73. The summed E-state index contributed by atoms with van der Waals surface area (Å²) < 4.78 is 25.1. The maximum atomic E-state index is 14.2. The monoisotopic (exact) mass is 356 g/mol. The molecule has 1 atom stereocenters. The second-order valence-electron chi connectivity index (χ2n) is 7.72. The van der Waals surface area contributed by atoms with Gasteiger partial charge in [0.05, 0.1) is 36.6 Å². The maximum Gasteiger partial charge on any atom is 0.148 e. The highest BCUT2D eigenvalue weighted by atomic mass is 31.2. The van der Waals surface area contributed by atoms with Gasteiger partial charge in [-0.3, -0.25) is 0 Å². The molecule has 1 aromatic carbocycles. The van der Waals surface area contributed by atoms with E-state index in [1.165, 1.54) is 19.2 Å². The van der Waals surface area contributed by atoms with E-state index in [4.69, 9.17) is 9.47 Å². The summed E-state index contributed by atoms with van der Waals surface area (Å²) in [6.45, 7) is 11.3. The normalized spacial score (nSPS) is 14.7. The van der Waals surface area contributed by atoms with Crippen molar-refractivity contribution in [3.05, 3.63) is 23.1 Å². The molecule has 0 heterocycles. The second kappa shape index (κ2) is 7.14. The van der Waals surface area contributed by atoms with Gasteiger partial charge in [-0.15, -0.1) is 4.91 Å². The number of nitrogens with zero attached hydrogens (tertiary/aromatic N) is 2. The van der Waals surface area contributed by atoms with Gasteiger partial charge in [0.15, 0.2) is 0 Å². The fourth-order valence-corrected chi connectivity index (χ4v) is 5.49. The summed E-state index contributed by atoms with van der Waals surface area (Å²) in [5.74, 6) is 0.986. The Bertz CT molecular complexity index is 610. The molecule has 0 aliphatic rings. The largest absolute Gasteiger partial charge is 0.496 e. The van der Waals surface area contributed by atoms with Crippen molar-refractivity contribution in [1.29, 1.82) is 0 Å². The van der Waals surface area contributed by atoms with Crippen LogP contribution in [0.2, 0.25) is 0 Å². The predicted octanol–water partition coefficient (Wildman–Crippen LogP) is 4.23. The molecule has 0 bridgehead atoms. The molecule has 0 saturated carbocycles. The van der Waals surface area contributed by atoms with Gasteiger partial charge in [0.2, 0.25) is 0 Å². The predicted molar refractivity (Wildman–Crippen MR) is 98.8 cm³/mol. The van der Waals surface area contributed by atoms with Gasteiger partial charge in [0.1, 0.15) is 18.6 Å². The van der Waals surface area contributed by atoms with E-state index in [0.717, 1.165) is 0 Å². The fourth-order valence-electron chi connectivity index (χ4n) is 2.35. The molecule has 0 saturated heterocycles. The van der Waals surface area contributed by atoms with E-state index < -0.39 is 17.8 Å². The highest BCUT2D eigenvalue weighted by Crippen LogP contribution is 2.60. The molecule has 0 radical (unpaired) electrons. The third-order valence-corrected chi connectivity index (χ3v) is 8.05. The van der Waals surface area contributed by atoms with Gasteiger partial charge in [0, 0.05) is 5.16 Å². The molecule has 0 aromatic heterocycles. The SMILES string of the molecule is COc1cccc(OC)c1P(=O)(CN(N=O)C(C)(C)C)C(C)(C)C. The Hall–Kier alpha value is -1.55. The zero-order valence-electron chi connectivity index (χ0n) is 15.9. The van der Waals surface area contributed by atoms with Crippen molar-refractivity contribution in [2.24, 2.45) is 5.29 Å². The van der Waals surface area contributed by atoms with E-state index in [1.807, 2.05) is 41.5 Å². The van der Waals surface area contributed by atoms with Crippen LogP contribution in [0.3, 0.4) is 0 Å². The number of rotatable bonds is 6. The number of hydrogen-bond donors (Lipinski definition) is 0. The van der Waals surface area contributed by atoms with E-state index >= 15 is 0 Å². The third-order valence-electron chi connectivity index (χ3n) is 4.05. The molecule has 1 unspecified atom stereocenters. The van der Waals surface area contributed by atoms with Crippen molar-refractivity contribution in [2.45, 2.75) is 52.2 Å². The van der Waals surface area contributed by atoms with Gasteiger partial charge in [-0.05, 0) is 32.9 Å². The van der Waals surface area contributed by atoms with Gasteiger partial charge in [-0.2, -0.15) is 0 Å². The lowest BCUT2D eigenvalue weighted by molar-refractivity contribution is 0.166. The zero-order chi connectivity index (χ0) is 18.8. The summed E-state index contributed by atoms with van der Waals surface area (Å²) in [5, 5.41) is 4.37. The standard InChI is InChI=1S/C17H29N2O4P/c1-16(2,3)19(18-20)12-24(21,17(4,5)6)15-13(22-7)10-9-11-14(15)23-8/h9-11H,12H2,1-8H3. The van der Waals surface area contributed by atoms with Gasteiger partial charge in [-0.1, -0.05) is 26.8 Å². The van der Waals surface area contributed by atoms with Crippen LogP contribution in [0.25, 0.3) is 0 Å². The quantitative estimate of drug-likeness (QED) is 0.433. The van der Waals surface area contributed by atoms with E-state index in [9.17, 15) is 9.47 Å². The fraction of sp³-hybridized carbons (Fsp3) is 0.647. The highest BCUT2D eigenvalue weighted by Gasteiger charge is 2.45. The van der Waals surface area contributed by atoms with Crippen molar-refractivity contribution >= 4 is 12.4 Å². The minimum Gasteiger partial charge on any atom is -0.496 e. The minimum absolute atomic E-state index is 0.0141. The molecule has 0 fully saturated rings. The smallest absolute Gasteiger partial charge is 0.148 e. The lowest BCUT2D eigenvalue weighted by atomic mass is 10.1. The summed E-state index contributed by atoms with van der Waals surface area (Å²) in [4.78, 5) is 11.4. The van der Waals surface area contributed by atoms with Crippen LogP contribution in [0.5, 0.6) is 11.5 Å². The minimum atomic E-state index is -3.15. The van der Waals surface area contributed by atoms with E-state index in [-0.39, 0.29) is 6.29 Å². The molecule has 0 N–H and O–H groups in total. The van der Waals surface area contributed by atoms with Crippen LogP contribution >= 0.6 is 7.14 Å². The van der Waals surface area contributed by atoms with Gasteiger partial charge >= 0.3 is 0 Å². The summed E-state index contributed by atoms with van der Waals surface area (Å²) >= 11 is 0. The summed E-state index contributed by atoms with van der Waals surface area (Å²) in [5.41, 5.74) is -0.544. The van der Waals surface area contributed by atoms with Crippen LogP contribution in [0, 0.1) is 4.91 Å². The van der Waals surface area contributed by atoms with Crippen LogP contribution in [0.4, 0.5) is 0 Å². The van der Waals surface area contributed by atoms with Crippen molar-refractivity contribution in [3.8, 4) is 11.5 Å². The Kier molecular flexibility index (Phi) is 6.10. The Morgan fingerprint density at radius 3 is 1.79 bits per heavy atom. The van der Waals surface area contributed by atoms with Crippen molar-refractivity contribution in [3.63, 3.8) is 0 Å². The Morgan fingerprint density at radius 2 is 1.50 bits per heavy atom. The van der Waals surface area contributed by atoms with Gasteiger partial charge < -0.3 is 14.0 Å². The molecular weight excluding hydrogens is 327 g/mol. The Morgan fingerprint density at radius 1 is 1.04 bits per heavy atom. The number of nitroso groups, excluding NO2 is 1. The summed E-state index contributed by atoms with van der Waals surface area (Å²) in [6.07, 6.45) is 0.0141. The number of methoxy groups -OCH3 is 2. The summed E-state index contributed by atoms with van der Waals surface area (Å²) in [6, 6.07) is 5.30. The van der Waals surface area contributed by atoms with Crippen LogP contribution in [-0.2, 0) is 4.57 Å². The van der Waals surface area contributed by atoms with Crippen LogP contribution < -0.4 is 14.8 Å². The van der Waals surface area contributed by atoms with Crippen LogP contribution in [0.1, 0.15) is 41.5 Å².